The maximum absolute atomic E-state index is 12.1. The van der Waals surface area contributed by atoms with Gasteiger partial charge in [0.25, 0.3) is 0 Å². The molecule has 1 atom stereocenters. The molecule has 0 bridgehead atoms. The van der Waals surface area contributed by atoms with E-state index in [4.69, 9.17) is 9.47 Å². The van der Waals surface area contributed by atoms with Gasteiger partial charge in [-0.25, -0.2) is 0 Å². The third-order valence-corrected chi connectivity index (χ3v) is 4.72. The van der Waals surface area contributed by atoms with Crippen LogP contribution in [0.4, 0.5) is 0 Å². The number of carbonyl (C=O) groups excluding carboxylic acids is 2. The molecule has 0 radical (unpaired) electrons. The second kappa shape index (κ2) is 8.10. The van der Waals surface area contributed by atoms with Gasteiger partial charge in [-0.2, -0.15) is 0 Å². The van der Waals surface area contributed by atoms with Crippen LogP contribution in [0.2, 0.25) is 0 Å². The van der Waals surface area contributed by atoms with Crippen molar-refractivity contribution in [2.24, 2.45) is 0 Å². The van der Waals surface area contributed by atoms with Crippen LogP contribution in [0, 0.1) is 0 Å². The smallest absolute Gasteiger partial charge is 0.233 e. The summed E-state index contributed by atoms with van der Waals surface area (Å²) in [5, 5.41) is 2.66. The molecule has 126 valence electrons. The lowest BCUT2D eigenvalue weighted by molar-refractivity contribution is -0.128. The quantitative estimate of drug-likeness (QED) is 0.821. The minimum absolute atomic E-state index is 0.0682. The molecule has 6 nitrogen and oxygen atoms in total. The number of carbonyl (C=O) groups is 2. The van der Waals surface area contributed by atoms with Gasteiger partial charge in [-0.05, 0) is 24.6 Å². The fourth-order valence-corrected chi connectivity index (χ4v) is 3.65. The van der Waals surface area contributed by atoms with Crippen molar-refractivity contribution in [1.29, 1.82) is 0 Å². The molecule has 1 fully saturated rings. The number of amides is 2. The summed E-state index contributed by atoms with van der Waals surface area (Å²) in [4.78, 5) is 24.9. The van der Waals surface area contributed by atoms with Crippen LogP contribution in [-0.2, 0) is 9.59 Å². The molecule has 1 saturated heterocycles. The van der Waals surface area contributed by atoms with Gasteiger partial charge in [0.2, 0.25) is 11.8 Å². The molecule has 2 rings (SSSR count). The highest BCUT2D eigenvalue weighted by molar-refractivity contribution is 8.00. The highest BCUT2D eigenvalue weighted by Gasteiger charge is 2.32. The largest absolute Gasteiger partial charge is 0.493 e. The molecule has 23 heavy (non-hydrogen) atoms. The summed E-state index contributed by atoms with van der Waals surface area (Å²) in [6.07, 6.45) is 0. The van der Waals surface area contributed by atoms with Crippen molar-refractivity contribution >= 4 is 23.6 Å². The van der Waals surface area contributed by atoms with Gasteiger partial charge in [-0.1, -0.05) is 6.07 Å². The topological polar surface area (TPSA) is 67.9 Å². The molecule has 1 aliphatic rings. The van der Waals surface area contributed by atoms with Crippen LogP contribution >= 0.6 is 11.8 Å². The first-order valence-electron chi connectivity index (χ1n) is 7.53. The Hall–Kier alpha value is -1.89. The molecule has 0 saturated carbocycles. The summed E-state index contributed by atoms with van der Waals surface area (Å²) in [5.74, 6) is 1.79. The number of rotatable bonds is 7. The van der Waals surface area contributed by atoms with Crippen molar-refractivity contribution in [3.05, 3.63) is 23.8 Å². The first-order chi connectivity index (χ1) is 11.1. The normalized spacial score (nSPS) is 17.3. The van der Waals surface area contributed by atoms with E-state index in [1.54, 1.807) is 23.8 Å². The molecule has 1 aromatic rings. The highest BCUT2D eigenvalue weighted by atomic mass is 32.2. The first kappa shape index (κ1) is 17.5. The van der Waals surface area contributed by atoms with Crippen LogP contribution < -0.4 is 14.8 Å². The van der Waals surface area contributed by atoms with Crippen LogP contribution in [0.25, 0.3) is 0 Å². The van der Waals surface area contributed by atoms with E-state index in [9.17, 15) is 9.59 Å². The van der Waals surface area contributed by atoms with Gasteiger partial charge >= 0.3 is 0 Å². The molecule has 1 unspecified atom stereocenters. The Balaban J connectivity index is 2.16. The Morgan fingerprint density at radius 1 is 1.43 bits per heavy atom. The lowest BCUT2D eigenvalue weighted by Crippen LogP contribution is -2.36. The predicted molar refractivity (Wildman–Crippen MR) is 89.8 cm³/mol. The molecule has 1 N–H and O–H groups in total. The lowest BCUT2D eigenvalue weighted by Gasteiger charge is -2.25. The molecule has 7 heteroatoms. The Bertz CT molecular complexity index is 579. The number of nitrogens with zero attached hydrogens (tertiary/aromatic N) is 1. The Morgan fingerprint density at radius 2 is 2.22 bits per heavy atom. The van der Waals surface area contributed by atoms with E-state index in [0.717, 1.165) is 5.56 Å². The van der Waals surface area contributed by atoms with Crippen LogP contribution in [0.3, 0.4) is 0 Å². The van der Waals surface area contributed by atoms with Gasteiger partial charge in [0.05, 0.1) is 19.5 Å². The third-order valence-electron chi connectivity index (χ3n) is 3.47. The third kappa shape index (κ3) is 4.31. The zero-order valence-electron chi connectivity index (χ0n) is 13.6. The molecule has 0 spiro atoms. The molecular weight excluding hydrogens is 316 g/mol. The predicted octanol–water partition coefficient (Wildman–Crippen LogP) is 1.80. The molecule has 0 aliphatic carbocycles. The Kier molecular flexibility index (Phi) is 6.15. The highest BCUT2D eigenvalue weighted by Crippen LogP contribution is 2.41. The number of hydrogen-bond acceptors (Lipinski definition) is 5. The van der Waals surface area contributed by atoms with Crippen LogP contribution in [-0.4, -0.2) is 49.3 Å². The van der Waals surface area contributed by atoms with Crippen molar-refractivity contribution in [1.82, 2.24) is 10.2 Å². The van der Waals surface area contributed by atoms with Gasteiger partial charge in [0.1, 0.15) is 5.37 Å². The zero-order valence-corrected chi connectivity index (χ0v) is 14.4. The molecule has 1 heterocycles. The maximum Gasteiger partial charge on any atom is 0.233 e. The van der Waals surface area contributed by atoms with Gasteiger partial charge in [-0.3, -0.25) is 9.59 Å². The summed E-state index contributed by atoms with van der Waals surface area (Å²) in [7, 11) is 1.60. The monoisotopic (exact) mass is 338 g/mol. The molecular formula is C16H22N2O4S. The number of methoxy groups -OCH3 is 1. The summed E-state index contributed by atoms with van der Waals surface area (Å²) in [5.41, 5.74) is 0.993. The van der Waals surface area contributed by atoms with Crippen LogP contribution in [0.1, 0.15) is 24.8 Å². The maximum atomic E-state index is 12.1. The van der Waals surface area contributed by atoms with Gasteiger partial charge in [0, 0.05) is 20.0 Å². The standard InChI is InChI=1S/C16H22N2O4S/c1-4-22-14-9-12(5-6-13(14)21-3)16-18(15(20)10-23-16)8-7-17-11(2)19/h5-6,9,16H,4,7-8,10H2,1-3H3,(H,17,19). The molecule has 2 amide bonds. The molecule has 0 aromatic heterocycles. The summed E-state index contributed by atoms with van der Waals surface area (Å²) < 4.78 is 10.9. The summed E-state index contributed by atoms with van der Waals surface area (Å²) >= 11 is 1.58. The van der Waals surface area contributed by atoms with Crippen molar-refractivity contribution in [3.8, 4) is 11.5 Å². The zero-order chi connectivity index (χ0) is 16.8. The minimum atomic E-state index is -0.0936. The second-order valence-corrected chi connectivity index (χ2v) is 6.15. The Morgan fingerprint density at radius 3 is 2.87 bits per heavy atom. The van der Waals surface area contributed by atoms with E-state index in [1.807, 2.05) is 25.1 Å². The van der Waals surface area contributed by atoms with Crippen molar-refractivity contribution in [2.75, 3.05) is 32.6 Å². The van der Waals surface area contributed by atoms with E-state index in [1.165, 1.54) is 6.92 Å². The van der Waals surface area contributed by atoms with E-state index < -0.39 is 0 Å². The van der Waals surface area contributed by atoms with Crippen molar-refractivity contribution in [3.63, 3.8) is 0 Å². The second-order valence-electron chi connectivity index (χ2n) is 5.08. The number of nitrogens with one attached hydrogen (secondary N) is 1. The molecule has 1 aliphatic heterocycles. The Labute approximate surface area is 140 Å². The fourth-order valence-electron chi connectivity index (χ4n) is 2.44. The van der Waals surface area contributed by atoms with Crippen LogP contribution in [0.15, 0.2) is 18.2 Å². The van der Waals surface area contributed by atoms with E-state index in [0.29, 0.717) is 36.9 Å². The lowest BCUT2D eigenvalue weighted by atomic mass is 10.1. The summed E-state index contributed by atoms with van der Waals surface area (Å²) in [6.45, 7) is 4.87. The van der Waals surface area contributed by atoms with E-state index >= 15 is 0 Å². The summed E-state index contributed by atoms with van der Waals surface area (Å²) in [6, 6.07) is 5.72. The van der Waals surface area contributed by atoms with Gasteiger partial charge in [-0.15, -0.1) is 11.8 Å². The number of benzene rings is 1. The number of thioether (sulfide) groups is 1. The minimum Gasteiger partial charge on any atom is -0.493 e. The average Bonchev–Trinajstić information content (AvgIpc) is 2.88. The molecule has 1 aromatic carbocycles. The van der Waals surface area contributed by atoms with Crippen molar-refractivity contribution in [2.45, 2.75) is 19.2 Å². The van der Waals surface area contributed by atoms with Gasteiger partial charge < -0.3 is 19.7 Å². The van der Waals surface area contributed by atoms with Crippen molar-refractivity contribution < 1.29 is 19.1 Å². The SMILES string of the molecule is CCOc1cc(C2SCC(=O)N2CCNC(C)=O)ccc1OC. The number of hydrogen-bond donors (Lipinski definition) is 1. The van der Waals surface area contributed by atoms with Crippen LogP contribution in [0.5, 0.6) is 11.5 Å². The fraction of sp³-hybridized carbons (Fsp3) is 0.500. The first-order valence-corrected chi connectivity index (χ1v) is 8.58. The number of ether oxygens (including phenoxy) is 2. The van der Waals surface area contributed by atoms with E-state index in [2.05, 4.69) is 5.32 Å². The van der Waals surface area contributed by atoms with Gasteiger partial charge in [0.15, 0.2) is 11.5 Å². The average molecular weight is 338 g/mol. The van der Waals surface area contributed by atoms with E-state index in [-0.39, 0.29) is 17.2 Å².